The second-order valence-electron chi connectivity index (χ2n) is 6.30. The van der Waals surface area contributed by atoms with Crippen molar-refractivity contribution in [1.29, 1.82) is 0 Å². The first-order valence-electron chi connectivity index (χ1n) is 7.66. The number of rotatable bonds is 2. The molecule has 1 aromatic rings. The Morgan fingerprint density at radius 3 is 2.85 bits per heavy atom. The van der Waals surface area contributed by atoms with Crippen LogP contribution >= 0.6 is 0 Å². The molecule has 20 heavy (non-hydrogen) atoms. The molecule has 0 spiro atoms. The summed E-state index contributed by atoms with van der Waals surface area (Å²) >= 11 is 0. The predicted molar refractivity (Wildman–Crippen MR) is 77.3 cm³/mol. The molecule has 1 aliphatic carbocycles. The first-order valence-corrected chi connectivity index (χ1v) is 7.66. The molecular weight excluding hydrogens is 252 g/mol. The van der Waals surface area contributed by atoms with Gasteiger partial charge in [0.2, 0.25) is 0 Å². The van der Waals surface area contributed by atoms with Crippen LogP contribution in [-0.2, 0) is 13.5 Å². The standard InChI is InChI=1S/C15H24N4O/c1-3-13-7-14(18(2)17-13)15(20)19-8-10-4-5-12(16)6-11(10)9-19/h7,10-12H,3-6,8-9,16H2,1-2H3/t10-,11+,12?/m1/s1. The van der Waals surface area contributed by atoms with E-state index in [4.69, 9.17) is 5.73 Å². The molecule has 1 amide bonds. The quantitative estimate of drug-likeness (QED) is 0.882. The van der Waals surface area contributed by atoms with Gasteiger partial charge in [-0.1, -0.05) is 6.92 Å². The van der Waals surface area contributed by atoms with Crippen LogP contribution in [0.1, 0.15) is 42.4 Å². The fourth-order valence-corrected chi connectivity index (χ4v) is 3.70. The van der Waals surface area contributed by atoms with E-state index >= 15 is 0 Å². The topological polar surface area (TPSA) is 64.2 Å². The van der Waals surface area contributed by atoms with E-state index in [0.717, 1.165) is 38.0 Å². The summed E-state index contributed by atoms with van der Waals surface area (Å²) in [4.78, 5) is 14.7. The Morgan fingerprint density at radius 2 is 2.15 bits per heavy atom. The number of carbonyl (C=O) groups is 1. The van der Waals surface area contributed by atoms with Gasteiger partial charge in [0.25, 0.3) is 5.91 Å². The van der Waals surface area contributed by atoms with Crippen LogP contribution in [0.5, 0.6) is 0 Å². The molecule has 1 aromatic heterocycles. The number of likely N-dealkylation sites (tertiary alicyclic amines) is 1. The lowest BCUT2D eigenvalue weighted by atomic mass is 9.79. The lowest BCUT2D eigenvalue weighted by Gasteiger charge is -2.27. The van der Waals surface area contributed by atoms with E-state index in [1.165, 1.54) is 6.42 Å². The Morgan fingerprint density at radius 1 is 1.40 bits per heavy atom. The zero-order chi connectivity index (χ0) is 14.3. The van der Waals surface area contributed by atoms with Crippen molar-refractivity contribution in [2.24, 2.45) is 24.6 Å². The first kappa shape index (κ1) is 13.6. The highest BCUT2D eigenvalue weighted by atomic mass is 16.2. The zero-order valence-electron chi connectivity index (χ0n) is 12.4. The third-order valence-electron chi connectivity index (χ3n) is 4.89. The maximum atomic E-state index is 12.7. The van der Waals surface area contributed by atoms with Crippen LogP contribution in [0.4, 0.5) is 0 Å². The lowest BCUT2D eigenvalue weighted by Crippen LogP contribution is -2.32. The molecule has 3 atom stereocenters. The molecule has 2 heterocycles. The summed E-state index contributed by atoms with van der Waals surface area (Å²) in [6.07, 6.45) is 4.21. The minimum Gasteiger partial charge on any atom is -0.337 e. The lowest BCUT2D eigenvalue weighted by molar-refractivity contribution is 0.0773. The monoisotopic (exact) mass is 276 g/mol. The summed E-state index contributed by atoms with van der Waals surface area (Å²) in [6, 6.07) is 2.26. The van der Waals surface area contributed by atoms with Crippen molar-refractivity contribution in [2.45, 2.75) is 38.6 Å². The number of aryl methyl sites for hydroxylation is 2. The van der Waals surface area contributed by atoms with Crippen molar-refractivity contribution in [3.8, 4) is 0 Å². The van der Waals surface area contributed by atoms with Gasteiger partial charge in [-0.2, -0.15) is 5.10 Å². The van der Waals surface area contributed by atoms with E-state index in [1.807, 2.05) is 18.0 Å². The average molecular weight is 276 g/mol. The van der Waals surface area contributed by atoms with Crippen molar-refractivity contribution in [2.75, 3.05) is 13.1 Å². The number of carbonyl (C=O) groups excluding carboxylic acids is 1. The number of hydrogen-bond donors (Lipinski definition) is 1. The van der Waals surface area contributed by atoms with E-state index in [9.17, 15) is 4.79 Å². The fraction of sp³-hybridized carbons (Fsp3) is 0.733. The van der Waals surface area contributed by atoms with Crippen LogP contribution in [0.3, 0.4) is 0 Å². The molecule has 2 N–H and O–H groups in total. The van der Waals surface area contributed by atoms with E-state index < -0.39 is 0 Å². The highest BCUT2D eigenvalue weighted by Gasteiger charge is 2.39. The minimum atomic E-state index is 0.127. The second-order valence-corrected chi connectivity index (χ2v) is 6.30. The molecule has 1 saturated carbocycles. The van der Waals surface area contributed by atoms with Crippen LogP contribution < -0.4 is 5.73 Å². The summed E-state index contributed by atoms with van der Waals surface area (Å²) in [7, 11) is 1.85. The predicted octanol–water partition coefficient (Wildman–Crippen LogP) is 1.18. The van der Waals surface area contributed by atoms with Gasteiger partial charge in [-0.15, -0.1) is 0 Å². The van der Waals surface area contributed by atoms with Crippen LogP contribution in [-0.4, -0.2) is 39.7 Å². The Balaban J connectivity index is 1.73. The van der Waals surface area contributed by atoms with Crippen molar-refractivity contribution in [3.05, 3.63) is 17.5 Å². The minimum absolute atomic E-state index is 0.127. The Kier molecular flexibility index (Phi) is 3.54. The van der Waals surface area contributed by atoms with Gasteiger partial charge in [0, 0.05) is 26.2 Å². The third-order valence-corrected chi connectivity index (χ3v) is 4.89. The molecule has 5 nitrogen and oxygen atoms in total. The number of nitrogens with two attached hydrogens (primary N) is 1. The van der Waals surface area contributed by atoms with Gasteiger partial charge in [-0.05, 0) is 43.6 Å². The number of aromatic nitrogens is 2. The van der Waals surface area contributed by atoms with E-state index in [1.54, 1.807) is 4.68 Å². The van der Waals surface area contributed by atoms with Crippen molar-refractivity contribution >= 4 is 5.91 Å². The van der Waals surface area contributed by atoms with Gasteiger partial charge < -0.3 is 10.6 Å². The molecule has 0 bridgehead atoms. The number of amides is 1. The van der Waals surface area contributed by atoms with Gasteiger partial charge in [-0.25, -0.2) is 0 Å². The molecule has 1 unspecified atom stereocenters. The van der Waals surface area contributed by atoms with Gasteiger partial charge in [0.15, 0.2) is 0 Å². The van der Waals surface area contributed by atoms with Crippen molar-refractivity contribution in [1.82, 2.24) is 14.7 Å². The maximum Gasteiger partial charge on any atom is 0.272 e. The molecule has 1 aliphatic heterocycles. The highest BCUT2D eigenvalue weighted by molar-refractivity contribution is 5.93. The number of nitrogens with zero attached hydrogens (tertiary/aromatic N) is 3. The molecule has 110 valence electrons. The normalized spacial score (nSPS) is 29.6. The zero-order valence-corrected chi connectivity index (χ0v) is 12.4. The van der Waals surface area contributed by atoms with Crippen LogP contribution in [0.25, 0.3) is 0 Å². The highest BCUT2D eigenvalue weighted by Crippen LogP contribution is 2.36. The van der Waals surface area contributed by atoms with Crippen molar-refractivity contribution in [3.63, 3.8) is 0 Å². The van der Waals surface area contributed by atoms with Gasteiger partial charge in [0.1, 0.15) is 5.69 Å². The second kappa shape index (κ2) is 5.20. The summed E-state index contributed by atoms with van der Waals surface area (Å²) in [5.41, 5.74) is 7.75. The smallest absolute Gasteiger partial charge is 0.272 e. The molecule has 5 heteroatoms. The van der Waals surface area contributed by atoms with Crippen LogP contribution in [0.15, 0.2) is 6.07 Å². The Labute approximate surface area is 120 Å². The molecule has 0 aromatic carbocycles. The maximum absolute atomic E-state index is 12.7. The van der Waals surface area contributed by atoms with Gasteiger partial charge in [0.05, 0.1) is 5.69 Å². The fourth-order valence-electron chi connectivity index (χ4n) is 3.70. The van der Waals surface area contributed by atoms with E-state index in [2.05, 4.69) is 12.0 Å². The van der Waals surface area contributed by atoms with Gasteiger partial charge in [-0.3, -0.25) is 9.48 Å². The number of hydrogen-bond acceptors (Lipinski definition) is 3. The van der Waals surface area contributed by atoms with Gasteiger partial charge >= 0.3 is 0 Å². The third kappa shape index (κ3) is 2.35. The molecular formula is C15H24N4O. The van der Waals surface area contributed by atoms with Crippen molar-refractivity contribution < 1.29 is 4.79 Å². The average Bonchev–Trinajstić information content (AvgIpc) is 3.00. The summed E-state index contributed by atoms with van der Waals surface area (Å²) < 4.78 is 1.72. The molecule has 1 saturated heterocycles. The first-order chi connectivity index (χ1) is 9.58. The van der Waals surface area contributed by atoms with E-state index in [0.29, 0.717) is 23.6 Å². The largest absolute Gasteiger partial charge is 0.337 e. The Hall–Kier alpha value is -1.36. The molecule has 2 fully saturated rings. The van der Waals surface area contributed by atoms with E-state index in [-0.39, 0.29) is 5.91 Å². The van der Waals surface area contributed by atoms with Crippen LogP contribution in [0.2, 0.25) is 0 Å². The molecule has 3 rings (SSSR count). The summed E-state index contributed by atoms with van der Waals surface area (Å²) in [5.74, 6) is 1.38. The number of fused-ring (bicyclic) bond motifs is 1. The van der Waals surface area contributed by atoms with Crippen LogP contribution in [0, 0.1) is 11.8 Å². The molecule has 0 radical (unpaired) electrons. The molecule has 2 aliphatic rings. The Bertz CT molecular complexity index is 510. The SMILES string of the molecule is CCc1cc(C(=O)N2C[C@H]3CCC(N)C[C@H]3C2)n(C)n1. The summed E-state index contributed by atoms with van der Waals surface area (Å²) in [5, 5.41) is 4.37. The summed E-state index contributed by atoms with van der Waals surface area (Å²) in [6.45, 7) is 3.81.